The average molecular weight is 311 g/mol. The minimum absolute atomic E-state index is 0.0381. The Morgan fingerprint density at radius 3 is 2.62 bits per heavy atom. The Morgan fingerprint density at radius 2 is 2.00 bits per heavy atom. The van der Waals surface area contributed by atoms with Crippen molar-refractivity contribution in [3.63, 3.8) is 0 Å². The van der Waals surface area contributed by atoms with Crippen LogP contribution in [0.2, 0.25) is 5.02 Å². The molecule has 0 unspecified atom stereocenters. The topological polar surface area (TPSA) is 79.3 Å². The molecule has 1 aromatic rings. The van der Waals surface area contributed by atoms with Gasteiger partial charge in [0.05, 0.1) is 11.4 Å². The lowest BCUT2D eigenvalue weighted by Gasteiger charge is -2.35. The predicted molar refractivity (Wildman–Crippen MR) is 80.3 cm³/mol. The molecule has 1 heterocycles. The van der Waals surface area contributed by atoms with E-state index in [0.29, 0.717) is 10.8 Å². The summed E-state index contributed by atoms with van der Waals surface area (Å²) in [5.74, 6) is -0.746. The number of carboxylic acid groups (broad SMARTS) is 1. The van der Waals surface area contributed by atoms with E-state index in [1.54, 1.807) is 18.3 Å². The van der Waals surface area contributed by atoms with Crippen LogP contribution >= 0.6 is 11.6 Å². The summed E-state index contributed by atoms with van der Waals surface area (Å²) < 4.78 is 0. The van der Waals surface area contributed by atoms with Crippen molar-refractivity contribution < 1.29 is 14.7 Å². The highest BCUT2D eigenvalue weighted by molar-refractivity contribution is 6.33. The second kappa shape index (κ2) is 6.89. The normalized spacial score (nSPS) is 17.2. The maximum absolute atomic E-state index is 12.2. The molecule has 1 aliphatic carbocycles. The molecular weight excluding hydrogens is 292 g/mol. The van der Waals surface area contributed by atoms with Gasteiger partial charge in [0.25, 0.3) is 0 Å². The number of hydrogen-bond acceptors (Lipinski definition) is 3. The number of hydrogen-bond donors (Lipinski definition) is 2. The maximum Gasteiger partial charge on any atom is 0.303 e. The van der Waals surface area contributed by atoms with Crippen LogP contribution < -0.4 is 5.32 Å². The second-order valence-corrected chi connectivity index (χ2v) is 6.10. The quantitative estimate of drug-likeness (QED) is 0.872. The molecule has 2 rings (SSSR count). The minimum atomic E-state index is -0.847. The van der Waals surface area contributed by atoms with Crippen LogP contribution in [0.4, 0.5) is 5.82 Å². The first-order valence-electron chi connectivity index (χ1n) is 7.13. The van der Waals surface area contributed by atoms with E-state index < -0.39 is 11.4 Å². The van der Waals surface area contributed by atoms with Crippen molar-refractivity contribution >= 4 is 29.3 Å². The summed E-state index contributed by atoms with van der Waals surface area (Å²) in [4.78, 5) is 27.3. The number of carboxylic acids is 1. The summed E-state index contributed by atoms with van der Waals surface area (Å²) in [6.45, 7) is 0. The van der Waals surface area contributed by atoms with Gasteiger partial charge in [0.1, 0.15) is 0 Å². The van der Waals surface area contributed by atoms with Crippen molar-refractivity contribution in [1.29, 1.82) is 0 Å². The number of amides is 1. The van der Waals surface area contributed by atoms with Gasteiger partial charge >= 0.3 is 5.97 Å². The van der Waals surface area contributed by atoms with Crippen LogP contribution in [0.3, 0.4) is 0 Å². The van der Waals surface area contributed by atoms with Gasteiger partial charge in [0.2, 0.25) is 5.91 Å². The van der Waals surface area contributed by atoms with Crippen LogP contribution in [0.15, 0.2) is 18.3 Å². The van der Waals surface area contributed by atoms with Gasteiger partial charge in [-0.3, -0.25) is 9.59 Å². The van der Waals surface area contributed by atoms with Crippen molar-refractivity contribution in [3.8, 4) is 0 Å². The number of pyridine rings is 1. The highest BCUT2D eigenvalue weighted by Gasteiger charge is 2.36. The fraction of sp³-hybridized carbons (Fsp3) is 0.533. The molecule has 1 aromatic heterocycles. The van der Waals surface area contributed by atoms with Gasteiger partial charge in [0, 0.05) is 12.6 Å². The standard InChI is InChI=1S/C15H19ClN2O3/c16-11-5-4-8-17-14(11)18-12(19)9-15(10-13(20)21)6-2-1-3-7-15/h4-5,8H,1-3,6-7,9-10H2,(H,20,21)(H,17,18,19). The third-order valence-corrected chi connectivity index (χ3v) is 4.30. The second-order valence-electron chi connectivity index (χ2n) is 5.69. The van der Waals surface area contributed by atoms with Gasteiger partial charge in [-0.15, -0.1) is 0 Å². The lowest BCUT2D eigenvalue weighted by Crippen LogP contribution is -2.32. The van der Waals surface area contributed by atoms with E-state index >= 15 is 0 Å². The molecule has 0 aliphatic heterocycles. The van der Waals surface area contributed by atoms with Crippen LogP contribution in [-0.4, -0.2) is 22.0 Å². The molecule has 2 N–H and O–H groups in total. The number of nitrogens with zero attached hydrogens (tertiary/aromatic N) is 1. The number of anilines is 1. The number of halogens is 1. The largest absolute Gasteiger partial charge is 0.481 e. The first-order chi connectivity index (χ1) is 10.0. The number of carbonyl (C=O) groups is 2. The molecule has 21 heavy (non-hydrogen) atoms. The lowest BCUT2D eigenvalue weighted by molar-refractivity contribution is -0.140. The first-order valence-corrected chi connectivity index (χ1v) is 7.51. The van der Waals surface area contributed by atoms with Gasteiger partial charge in [-0.1, -0.05) is 30.9 Å². The molecule has 0 atom stereocenters. The SMILES string of the molecule is O=C(O)CC1(CC(=O)Nc2ncccc2Cl)CCCCC1. The molecule has 0 spiro atoms. The van der Waals surface area contributed by atoms with Crippen LogP contribution in [-0.2, 0) is 9.59 Å². The van der Waals surface area contributed by atoms with E-state index in [2.05, 4.69) is 10.3 Å². The zero-order chi connectivity index (χ0) is 15.3. The number of nitrogens with one attached hydrogen (secondary N) is 1. The molecular formula is C15H19ClN2O3. The van der Waals surface area contributed by atoms with Crippen molar-refractivity contribution in [3.05, 3.63) is 23.4 Å². The van der Waals surface area contributed by atoms with Gasteiger partial charge < -0.3 is 10.4 Å². The summed E-state index contributed by atoms with van der Waals surface area (Å²) in [6.07, 6.45) is 6.41. The summed E-state index contributed by atoms with van der Waals surface area (Å²) in [7, 11) is 0. The summed E-state index contributed by atoms with van der Waals surface area (Å²) in [5, 5.41) is 12.2. The van der Waals surface area contributed by atoms with Gasteiger partial charge in [-0.25, -0.2) is 4.98 Å². The first kappa shape index (κ1) is 15.8. The van der Waals surface area contributed by atoms with Gasteiger partial charge in [-0.05, 0) is 30.4 Å². The van der Waals surface area contributed by atoms with E-state index in [9.17, 15) is 9.59 Å². The van der Waals surface area contributed by atoms with Crippen LogP contribution in [0.25, 0.3) is 0 Å². The Hall–Kier alpha value is -1.62. The summed E-state index contributed by atoms with van der Waals surface area (Å²) in [6, 6.07) is 3.34. The molecule has 1 aliphatic rings. The number of aromatic nitrogens is 1. The van der Waals surface area contributed by atoms with E-state index in [0.717, 1.165) is 32.1 Å². The Labute approximate surface area is 128 Å². The minimum Gasteiger partial charge on any atom is -0.481 e. The molecule has 0 bridgehead atoms. The molecule has 1 fully saturated rings. The Morgan fingerprint density at radius 1 is 1.29 bits per heavy atom. The molecule has 0 aromatic carbocycles. The molecule has 0 saturated heterocycles. The smallest absolute Gasteiger partial charge is 0.303 e. The van der Waals surface area contributed by atoms with Crippen molar-refractivity contribution in [2.75, 3.05) is 5.32 Å². The third kappa shape index (κ3) is 4.43. The monoisotopic (exact) mass is 310 g/mol. The molecule has 1 amide bonds. The van der Waals surface area contributed by atoms with E-state index in [1.807, 2.05) is 0 Å². The average Bonchev–Trinajstić information content (AvgIpc) is 2.41. The van der Waals surface area contributed by atoms with E-state index in [-0.39, 0.29) is 18.7 Å². The highest BCUT2D eigenvalue weighted by Crippen LogP contribution is 2.42. The van der Waals surface area contributed by atoms with Crippen LogP contribution in [0.1, 0.15) is 44.9 Å². The fourth-order valence-electron chi connectivity index (χ4n) is 3.03. The molecule has 6 heteroatoms. The zero-order valence-electron chi connectivity index (χ0n) is 11.8. The lowest BCUT2D eigenvalue weighted by atomic mass is 9.69. The fourth-order valence-corrected chi connectivity index (χ4v) is 3.20. The molecule has 0 radical (unpaired) electrons. The van der Waals surface area contributed by atoms with Gasteiger partial charge in [-0.2, -0.15) is 0 Å². The van der Waals surface area contributed by atoms with E-state index in [4.69, 9.17) is 16.7 Å². The Balaban J connectivity index is 2.04. The third-order valence-electron chi connectivity index (χ3n) is 3.99. The summed E-state index contributed by atoms with van der Waals surface area (Å²) >= 11 is 5.96. The summed E-state index contributed by atoms with van der Waals surface area (Å²) in [5.41, 5.74) is -0.435. The van der Waals surface area contributed by atoms with Crippen molar-refractivity contribution in [1.82, 2.24) is 4.98 Å². The highest BCUT2D eigenvalue weighted by atomic mass is 35.5. The number of rotatable bonds is 5. The van der Waals surface area contributed by atoms with Crippen LogP contribution in [0, 0.1) is 5.41 Å². The van der Waals surface area contributed by atoms with Crippen molar-refractivity contribution in [2.45, 2.75) is 44.9 Å². The van der Waals surface area contributed by atoms with Gasteiger partial charge in [0.15, 0.2) is 5.82 Å². The van der Waals surface area contributed by atoms with Crippen molar-refractivity contribution in [2.24, 2.45) is 5.41 Å². The van der Waals surface area contributed by atoms with E-state index in [1.165, 1.54) is 0 Å². The maximum atomic E-state index is 12.2. The Kier molecular flexibility index (Phi) is 5.17. The van der Waals surface area contributed by atoms with Crippen LogP contribution in [0.5, 0.6) is 0 Å². The molecule has 114 valence electrons. The number of aliphatic carboxylic acids is 1. The number of carbonyl (C=O) groups excluding carboxylic acids is 1. The molecule has 5 nitrogen and oxygen atoms in total. The Bertz CT molecular complexity index is 527. The molecule has 1 saturated carbocycles. The predicted octanol–water partition coefficient (Wildman–Crippen LogP) is 3.49. The zero-order valence-corrected chi connectivity index (χ0v) is 12.5.